The van der Waals surface area contributed by atoms with Crippen molar-refractivity contribution in [3.8, 4) is 0 Å². The van der Waals surface area contributed by atoms with Gasteiger partial charge in [-0.3, -0.25) is 5.10 Å². The number of esters is 1. The molecule has 0 aromatic carbocycles. The first-order valence-corrected chi connectivity index (χ1v) is 9.47. The van der Waals surface area contributed by atoms with E-state index in [1.807, 2.05) is 0 Å². The van der Waals surface area contributed by atoms with Crippen LogP contribution < -0.4 is 0 Å². The predicted molar refractivity (Wildman–Crippen MR) is 84.8 cm³/mol. The highest BCUT2D eigenvalue weighted by Crippen LogP contribution is 2.19. The zero-order valence-corrected chi connectivity index (χ0v) is 14.2. The van der Waals surface area contributed by atoms with Gasteiger partial charge in [0, 0.05) is 14.1 Å². The third kappa shape index (κ3) is 6.28. The molecule has 0 saturated heterocycles. The van der Waals surface area contributed by atoms with E-state index in [-0.39, 0.29) is 14.4 Å². The first-order chi connectivity index (χ1) is 9.31. The van der Waals surface area contributed by atoms with Crippen molar-refractivity contribution in [2.24, 2.45) is 5.41 Å². The Kier molecular flexibility index (Phi) is 6.33. The molecule has 0 radical (unpaired) electrons. The second-order valence-electron chi connectivity index (χ2n) is 6.33. The summed E-state index contributed by atoms with van der Waals surface area (Å²) in [4.78, 5) is 11.5. The molecule has 5 heteroatoms. The van der Waals surface area contributed by atoms with Crippen LogP contribution in [-0.4, -0.2) is 36.9 Å². The van der Waals surface area contributed by atoms with Crippen molar-refractivity contribution in [3.05, 3.63) is 17.5 Å². The van der Waals surface area contributed by atoms with Gasteiger partial charge in [-0.1, -0.05) is 27.3 Å². The fourth-order valence-electron chi connectivity index (χ4n) is 2.18. The van der Waals surface area contributed by atoms with E-state index in [9.17, 15) is 4.79 Å². The fraction of sp³-hybridized carbons (Fsp3) is 0.667. The van der Waals surface area contributed by atoms with E-state index in [4.69, 9.17) is 4.74 Å². The molecule has 20 heavy (non-hydrogen) atoms. The summed E-state index contributed by atoms with van der Waals surface area (Å²) in [5, 5.41) is 6.89. The van der Waals surface area contributed by atoms with Gasteiger partial charge in [0.25, 0.3) is 0 Å². The molecule has 112 valence electrons. The molecule has 0 fully saturated rings. The van der Waals surface area contributed by atoms with Gasteiger partial charge in [0.15, 0.2) is 5.69 Å². The Morgan fingerprint density at radius 2 is 2.20 bits per heavy atom. The number of H-pyrrole nitrogens is 1. The van der Waals surface area contributed by atoms with E-state index in [1.165, 1.54) is 6.04 Å². The SMILES string of the molecule is CCOC(=O)c1cc(CCC=[Si](C)CC(C)(C)C)[nH]n1. The summed E-state index contributed by atoms with van der Waals surface area (Å²) in [6.07, 6.45) is 1.93. The Balaban J connectivity index is 2.47. The third-order valence-corrected chi connectivity index (χ3v) is 5.44. The highest BCUT2D eigenvalue weighted by atomic mass is 28.2. The first kappa shape index (κ1) is 16.8. The molecule has 0 aliphatic heterocycles. The maximum absolute atomic E-state index is 11.5. The van der Waals surface area contributed by atoms with Crippen molar-refractivity contribution >= 4 is 20.1 Å². The van der Waals surface area contributed by atoms with Gasteiger partial charge in [0.1, 0.15) is 0 Å². The largest absolute Gasteiger partial charge is 0.461 e. The number of carbonyl (C=O) groups excluding carboxylic acids is 1. The van der Waals surface area contributed by atoms with Crippen molar-refractivity contribution in [3.63, 3.8) is 0 Å². The quantitative estimate of drug-likeness (QED) is 0.648. The summed E-state index contributed by atoms with van der Waals surface area (Å²) in [6.45, 7) is 11.4. The molecule has 1 aromatic rings. The van der Waals surface area contributed by atoms with E-state index in [0.29, 0.717) is 17.7 Å². The number of nitrogens with zero attached hydrogens (tertiary/aromatic N) is 1. The Morgan fingerprint density at radius 1 is 1.50 bits per heavy atom. The lowest BCUT2D eigenvalue weighted by atomic mass is 10.0. The van der Waals surface area contributed by atoms with Gasteiger partial charge in [-0.15, -0.1) is 5.67 Å². The number of hydrogen-bond acceptors (Lipinski definition) is 3. The molecule has 0 bridgehead atoms. The molecule has 0 aliphatic rings. The molecular formula is C15H26N2O2Si. The lowest BCUT2D eigenvalue weighted by Crippen LogP contribution is -2.13. The van der Waals surface area contributed by atoms with Gasteiger partial charge in [-0.2, -0.15) is 5.10 Å². The molecule has 0 atom stereocenters. The zero-order valence-electron chi connectivity index (χ0n) is 13.2. The number of ether oxygens (including phenoxy) is 1. The molecule has 1 rings (SSSR count). The maximum atomic E-state index is 11.5. The Bertz CT molecular complexity index is 472. The van der Waals surface area contributed by atoms with Gasteiger partial charge in [-0.25, -0.2) is 4.79 Å². The Morgan fingerprint density at radius 3 is 2.80 bits per heavy atom. The van der Waals surface area contributed by atoms with E-state index in [2.05, 4.69) is 43.2 Å². The molecule has 1 aromatic heterocycles. The summed E-state index contributed by atoms with van der Waals surface area (Å²) in [7, 11) is -0.385. The van der Waals surface area contributed by atoms with Gasteiger partial charge in [-0.05, 0) is 37.3 Å². The van der Waals surface area contributed by atoms with Gasteiger partial charge >= 0.3 is 5.97 Å². The molecule has 0 aliphatic carbocycles. The molecule has 0 spiro atoms. The van der Waals surface area contributed by atoms with E-state index >= 15 is 0 Å². The lowest BCUT2D eigenvalue weighted by Gasteiger charge is -2.17. The van der Waals surface area contributed by atoms with Crippen LogP contribution in [0.1, 0.15) is 50.3 Å². The lowest BCUT2D eigenvalue weighted by molar-refractivity contribution is 0.0519. The minimum atomic E-state index is -0.385. The van der Waals surface area contributed by atoms with Crippen LogP contribution in [0, 0.1) is 5.41 Å². The van der Waals surface area contributed by atoms with Crippen LogP contribution in [0.15, 0.2) is 6.07 Å². The summed E-state index contributed by atoms with van der Waals surface area (Å²) in [5.41, 5.74) is 4.22. The number of carbonyl (C=O) groups is 1. The number of nitrogens with one attached hydrogen (secondary N) is 1. The van der Waals surface area contributed by atoms with E-state index in [1.54, 1.807) is 13.0 Å². The monoisotopic (exact) mass is 294 g/mol. The van der Waals surface area contributed by atoms with Gasteiger partial charge < -0.3 is 4.74 Å². The molecule has 0 saturated carbocycles. The summed E-state index contributed by atoms with van der Waals surface area (Å²) in [6, 6.07) is 3.08. The first-order valence-electron chi connectivity index (χ1n) is 7.19. The second kappa shape index (κ2) is 7.52. The van der Waals surface area contributed by atoms with E-state index in [0.717, 1.165) is 18.5 Å². The minimum absolute atomic E-state index is 0.355. The minimum Gasteiger partial charge on any atom is -0.461 e. The summed E-state index contributed by atoms with van der Waals surface area (Å²) < 4.78 is 4.91. The zero-order chi connectivity index (χ0) is 15.2. The number of aromatic nitrogens is 2. The standard InChI is InChI=1S/C15H26N2O2Si/c1-6-19-14(18)13-10-12(16-17-13)8-7-9-20(5)11-15(2,3)4/h9-10H,6-8,11H2,1-5H3,(H,16,17). The van der Waals surface area contributed by atoms with Crippen LogP contribution in [0.4, 0.5) is 0 Å². The van der Waals surface area contributed by atoms with Crippen LogP contribution >= 0.6 is 0 Å². The van der Waals surface area contributed by atoms with E-state index < -0.39 is 0 Å². The summed E-state index contributed by atoms with van der Waals surface area (Å²) >= 11 is 0. The van der Waals surface area contributed by atoms with Crippen molar-refractivity contribution in [2.75, 3.05) is 6.61 Å². The van der Waals surface area contributed by atoms with Crippen LogP contribution in [0.25, 0.3) is 0 Å². The smallest absolute Gasteiger partial charge is 0.358 e. The number of aromatic amines is 1. The van der Waals surface area contributed by atoms with Gasteiger partial charge in [0.05, 0.1) is 6.61 Å². The molecule has 4 nitrogen and oxygen atoms in total. The highest BCUT2D eigenvalue weighted by molar-refractivity contribution is 6.64. The molecule has 1 heterocycles. The predicted octanol–water partition coefficient (Wildman–Crippen LogP) is 3.07. The fourth-order valence-corrected chi connectivity index (χ4v) is 4.64. The molecule has 1 N–H and O–H groups in total. The van der Waals surface area contributed by atoms with Crippen LogP contribution in [-0.2, 0) is 11.2 Å². The normalized spacial score (nSPS) is 12.6. The van der Waals surface area contributed by atoms with Crippen molar-refractivity contribution in [2.45, 2.75) is 53.1 Å². The Hall–Kier alpha value is -1.23. The van der Waals surface area contributed by atoms with Crippen molar-refractivity contribution in [1.29, 1.82) is 0 Å². The third-order valence-electron chi connectivity index (χ3n) is 2.83. The highest BCUT2D eigenvalue weighted by Gasteiger charge is 2.12. The average Bonchev–Trinajstić information content (AvgIpc) is 2.75. The van der Waals surface area contributed by atoms with Crippen LogP contribution in [0.2, 0.25) is 12.6 Å². The number of aryl methyl sites for hydroxylation is 1. The van der Waals surface area contributed by atoms with Crippen molar-refractivity contribution < 1.29 is 9.53 Å². The van der Waals surface area contributed by atoms with Crippen LogP contribution in [0.5, 0.6) is 0 Å². The topological polar surface area (TPSA) is 55.0 Å². The maximum Gasteiger partial charge on any atom is 0.358 e. The molecule has 0 unspecified atom stereocenters. The number of rotatable bonds is 6. The van der Waals surface area contributed by atoms with Crippen molar-refractivity contribution in [1.82, 2.24) is 10.2 Å². The molecular weight excluding hydrogens is 268 g/mol. The summed E-state index contributed by atoms with van der Waals surface area (Å²) in [5.74, 6) is -0.355. The van der Waals surface area contributed by atoms with Crippen LogP contribution in [0.3, 0.4) is 0 Å². The molecule has 0 amide bonds. The Labute approximate surface area is 123 Å². The van der Waals surface area contributed by atoms with Gasteiger partial charge in [0.2, 0.25) is 0 Å². The average molecular weight is 294 g/mol. The second-order valence-corrected chi connectivity index (χ2v) is 8.78. The number of hydrogen-bond donors (Lipinski definition) is 1.